The summed E-state index contributed by atoms with van der Waals surface area (Å²) in [4.78, 5) is 28.0. The highest BCUT2D eigenvalue weighted by molar-refractivity contribution is 7.22. The topological polar surface area (TPSA) is 88.9 Å². The Kier molecular flexibility index (Phi) is 4.54. The van der Waals surface area contributed by atoms with Crippen LogP contribution in [0, 0.1) is 6.92 Å². The van der Waals surface area contributed by atoms with Crippen molar-refractivity contribution in [1.29, 1.82) is 0 Å². The van der Waals surface area contributed by atoms with Gasteiger partial charge in [0.25, 0.3) is 5.91 Å². The number of aryl methyl sites for hydroxylation is 1. The van der Waals surface area contributed by atoms with Gasteiger partial charge in [0.15, 0.2) is 10.8 Å². The molecule has 2 amide bonds. The SMILES string of the molecule is CC(=O)Nc1ccc2nc(NC(=O)c3cc(C)n(C(C)C)n3)sc2c1. The van der Waals surface area contributed by atoms with E-state index in [9.17, 15) is 9.59 Å². The van der Waals surface area contributed by atoms with E-state index < -0.39 is 0 Å². The summed E-state index contributed by atoms with van der Waals surface area (Å²) in [6, 6.07) is 7.38. The van der Waals surface area contributed by atoms with E-state index in [1.165, 1.54) is 18.3 Å². The van der Waals surface area contributed by atoms with Gasteiger partial charge in [-0.05, 0) is 45.0 Å². The number of hydrogen-bond donors (Lipinski definition) is 2. The lowest BCUT2D eigenvalue weighted by Gasteiger charge is -2.06. The Morgan fingerprint density at radius 1 is 1.20 bits per heavy atom. The molecule has 0 aliphatic carbocycles. The molecule has 0 fully saturated rings. The number of hydrogen-bond acceptors (Lipinski definition) is 5. The van der Waals surface area contributed by atoms with Gasteiger partial charge < -0.3 is 5.32 Å². The molecule has 3 aromatic rings. The maximum atomic E-state index is 12.4. The van der Waals surface area contributed by atoms with E-state index in [2.05, 4.69) is 20.7 Å². The van der Waals surface area contributed by atoms with Gasteiger partial charge in [0.05, 0.1) is 10.2 Å². The van der Waals surface area contributed by atoms with E-state index in [0.717, 1.165) is 15.9 Å². The van der Waals surface area contributed by atoms with Crippen molar-refractivity contribution in [2.24, 2.45) is 0 Å². The fourth-order valence-electron chi connectivity index (χ4n) is 2.54. The summed E-state index contributed by atoms with van der Waals surface area (Å²) in [6.45, 7) is 7.41. The molecule has 0 aliphatic rings. The van der Waals surface area contributed by atoms with Crippen LogP contribution in [0.2, 0.25) is 0 Å². The first-order valence-electron chi connectivity index (χ1n) is 7.89. The van der Waals surface area contributed by atoms with Crippen LogP contribution in [-0.2, 0) is 4.79 Å². The Morgan fingerprint density at radius 3 is 2.60 bits per heavy atom. The lowest BCUT2D eigenvalue weighted by molar-refractivity contribution is -0.114. The molecule has 2 aromatic heterocycles. The van der Waals surface area contributed by atoms with Crippen LogP contribution in [-0.4, -0.2) is 26.6 Å². The Morgan fingerprint density at radius 2 is 1.96 bits per heavy atom. The van der Waals surface area contributed by atoms with Crippen molar-refractivity contribution in [2.45, 2.75) is 33.7 Å². The standard InChI is InChI=1S/C17H19N5O2S/c1-9(2)22-10(3)7-14(21-22)16(24)20-17-19-13-6-5-12(18-11(4)23)8-15(13)25-17/h5-9H,1-4H3,(H,18,23)(H,19,20,24). The van der Waals surface area contributed by atoms with Gasteiger partial charge in [-0.2, -0.15) is 5.10 Å². The van der Waals surface area contributed by atoms with E-state index >= 15 is 0 Å². The first kappa shape index (κ1) is 17.1. The van der Waals surface area contributed by atoms with Gasteiger partial charge in [-0.3, -0.25) is 19.6 Å². The minimum Gasteiger partial charge on any atom is -0.326 e. The molecule has 2 heterocycles. The second kappa shape index (κ2) is 6.64. The lowest BCUT2D eigenvalue weighted by atomic mass is 10.3. The summed E-state index contributed by atoms with van der Waals surface area (Å²) in [7, 11) is 0. The van der Waals surface area contributed by atoms with Crippen molar-refractivity contribution in [2.75, 3.05) is 10.6 Å². The Hall–Kier alpha value is -2.74. The Bertz CT molecular complexity index is 957. The normalized spacial score (nSPS) is 11.1. The second-order valence-electron chi connectivity index (χ2n) is 6.05. The maximum Gasteiger partial charge on any atom is 0.277 e. The molecule has 7 nitrogen and oxygen atoms in total. The van der Waals surface area contributed by atoms with Crippen molar-refractivity contribution >= 4 is 44.2 Å². The number of benzene rings is 1. The predicted octanol–water partition coefficient (Wildman–Crippen LogP) is 3.59. The second-order valence-corrected chi connectivity index (χ2v) is 7.08. The number of carbonyl (C=O) groups is 2. The van der Waals surface area contributed by atoms with E-state index in [4.69, 9.17) is 0 Å². The predicted molar refractivity (Wildman–Crippen MR) is 99.2 cm³/mol. The molecule has 0 saturated carbocycles. The van der Waals surface area contributed by atoms with Crippen LogP contribution in [0.3, 0.4) is 0 Å². The first-order valence-corrected chi connectivity index (χ1v) is 8.71. The van der Waals surface area contributed by atoms with E-state index in [0.29, 0.717) is 16.5 Å². The highest BCUT2D eigenvalue weighted by Gasteiger charge is 2.16. The van der Waals surface area contributed by atoms with Gasteiger partial charge >= 0.3 is 0 Å². The molecule has 0 saturated heterocycles. The van der Waals surface area contributed by atoms with Gasteiger partial charge in [0.1, 0.15) is 0 Å². The number of rotatable bonds is 4. The van der Waals surface area contributed by atoms with Crippen molar-refractivity contribution in [3.63, 3.8) is 0 Å². The summed E-state index contributed by atoms with van der Waals surface area (Å²) < 4.78 is 2.69. The number of nitrogens with zero attached hydrogens (tertiary/aromatic N) is 3. The number of anilines is 2. The van der Waals surface area contributed by atoms with Crippen molar-refractivity contribution < 1.29 is 9.59 Å². The van der Waals surface area contributed by atoms with E-state index in [1.807, 2.05) is 37.6 Å². The van der Waals surface area contributed by atoms with Gasteiger partial charge in [-0.25, -0.2) is 4.98 Å². The smallest absolute Gasteiger partial charge is 0.277 e. The molecule has 2 N–H and O–H groups in total. The number of amides is 2. The summed E-state index contributed by atoms with van der Waals surface area (Å²) >= 11 is 1.35. The molecule has 8 heteroatoms. The minimum atomic E-state index is -0.288. The fraction of sp³-hybridized carbons (Fsp3) is 0.294. The maximum absolute atomic E-state index is 12.4. The molecule has 25 heavy (non-hydrogen) atoms. The summed E-state index contributed by atoms with van der Waals surface area (Å²) in [5, 5.41) is 10.4. The quantitative estimate of drug-likeness (QED) is 0.747. The largest absolute Gasteiger partial charge is 0.326 e. The first-order chi connectivity index (χ1) is 11.8. The summed E-state index contributed by atoms with van der Waals surface area (Å²) in [5.41, 5.74) is 2.76. The minimum absolute atomic E-state index is 0.131. The molecule has 0 radical (unpaired) electrons. The summed E-state index contributed by atoms with van der Waals surface area (Å²) in [6.07, 6.45) is 0. The highest BCUT2D eigenvalue weighted by Crippen LogP contribution is 2.28. The van der Waals surface area contributed by atoms with Crippen molar-refractivity contribution in [3.8, 4) is 0 Å². The molecule has 3 rings (SSSR count). The molecule has 0 spiro atoms. The third-order valence-electron chi connectivity index (χ3n) is 3.57. The van der Waals surface area contributed by atoms with Gasteiger partial charge in [-0.15, -0.1) is 0 Å². The van der Waals surface area contributed by atoms with Crippen molar-refractivity contribution in [3.05, 3.63) is 35.7 Å². The average molecular weight is 357 g/mol. The van der Waals surface area contributed by atoms with Crippen LogP contribution in [0.5, 0.6) is 0 Å². The Labute approximate surface area is 149 Å². The van der Waals surface area contributed by atoms with Crippen LogP contribution in [0.1, 0.15) is 43.0 Å². The summed E-state index contributed by atoms with van der Waals surface area (Å²) in [5.74, 6) is -0.419. The molecule has 130 valence electrons. The number of fused-ring (bicyclic) bond motifs is 1. The zero-order chi connectivity index (χ0) is 18.1. The third-order valence-corrected chi connectivity index (χ3v) is 4.51. The van der Waals surface area contributed by atoms with Gasteiger partial charge in [0.2, 0.25) is 5.91 Å². The molecule has 0 unspecified atom stereocenters. The molecule has 0 atom stereocenters. The van der Waals surface area contributed by atoms with Gasteiger partial charge in [-0.1, -0.05) is 11.3 Å². The lowest BCUT2D eigenvalue weighted by Crippen LogP contribution is -2.13. The fourth-order valence-corrected chi connectivity index (χ4v) is 3.44. The zero-order valence-corrected chi connectivity index (χ0v) is 15.3. The van der Waals surface area contributed by atoms with Gasteiger partial charge in [0, 0.05) is 24.3 Å². The van der Waals surface area contributed by atoms with Crippen LogP contribution < -0.4 is 10.6 Å². The molecular formula is C17H19N5O2S. The third kappa shape index (κ3) is 3.69. The van der Waals surface area contributed by atoms with Crippen LogP contribution >= 0.6 is 11.3 Å². The molecule has 1 aromatic carbocycles. The van der Waals surface area contributed by atoms with E-state index in [-0.39, 0.29) is 17.9 Å². The number of carbonyl (C=O) groups excluding carboxylic acids is 2. The highest BCUT2D eigenvalue weighted by atomic mass is 32.1. The molecular weight excluding hydrogens is 338 g/mol. The number of thiazole rings is 1. The Balaban J connectivity index is 1.81. The number of aromatic nitrogens is 3. The molecule has 0 aliphatic heterocycles. The molecule has 0 bridgehead atoms. The zero-order valence-electron chi connectivity index (χ0n) is 14.5. The van der Waals surface area contributed by atoms with Crippen molar-refractivity contribution in [1.82, 2.24) is 14.8 Å². The van der Waals surface area contributed by atoms with Crippen LogP contribution in [0.25, 0.3) is 10.2 Å². The average Bonchev–Trinajstić information content (AvgIpc) is 3.09. The van der Waals surface area contributed by atoms with Crippen LogP contribution in [0.4, 0.5) is 10.8 Å². The van der Waals surface area contributed by atoms with E-state index in [1.54, 1.807) is 12.1 Å². The monoisotopic (exact) mass is 357 g/mol. The van der Waals surface area contributed by atoms with Crippen LogP contribution in [0.15, 0.2) is 24.3 Å². The number of nitrogens with one attached hydrogen (secondary N) is 2.